The lowest BCUT2D eigenvalue weighted by Crippen LogP contribution is -1.89. The van der Waals surface area contributed by atoms with Crippen LogP contribution in [-0.2, 0) is 0 Å². The maximum absolute atomic E-state index is 13.1. The van der Waals surface area contributed by atoms with Crippen molar-refractivity contribution in [1.29, 1.82) is 0 Å². The van der Waals surface area contributed by atoms with E-state index in [1.54, 1.807) is 0 Å². The Kier molecular flexibility index (Phi) is 1.56. The van der Waals surface area contributed by atoms with Gasteiger partial charge in [-0.15, -0.1) is 0 Å². The fourth-order valence-corrected chi connectivity index (χ4v) is 1.65. The van der Waals surface area contributed by atoms with Gasteiger partial charge < -0.3 is 5.73 Å². The fraction of sp³-hybridized carbons (Fsp3) is 0.625. The average Bonchev–Trinajstić information content (AvgIpc) is 2.77. The summed E-state index contributed by atoms with van der Waals surface area (Å²) in [6.45, 7) is 2.11. The summed E-state index contributed by atoms with van der Waals surface area (Å²) >= 11 is 0. The first-order valence-electron chi connectivity index (χ1n) is 4.23. The van der Waals surface area contributed by atoms with Crippen molar-refractivity contribution in [3.63, 3.8) is 0 Å². The second-order valence-corrected chi connectivity index (χ2v) is 3.35. The van der Waals surface area contributed by atoms with Gasteiger partial charge >= 0.3 is 0 Å². The van der Waals surface area contributed by atoms with Gasteiger partial charge in [0.15, 0.2) is 11.6 Å². The number of nitrogen functional groups attached to an aromatic ring is 1. The van der Waals surface area contributed by atoms with E-state index in [9.17, 15) is 4.39 Å². The van der Waals surface area contributed by atoms with E-state index in [4.69, 9.17) is 5.73 Å². The number of H-pyrrole nitrogens is 1. The van der Waals surface area contributed by atoms with Gasteiger partial charge in [0.2, 0.25) is 0 Å². The van der Waals surface area contributed by atoms with Crippen LogP contribution in [0.4, 0.5) is 10.2 Å². The van der Waals surface area contributed by atoms with Crippen molar-refractivity contribution in [1.82, 2.24) is 10.2 Å². The van der Waals surface area contributed by atoms with Crippen LogP contribution in [0.2, 0.25) is 0 Å². The molecule has 12 heavy (non-hydrogen) atoms. The fourth-order valence-electron chi connectivity index (χ4n) is 1.65. The number of nitrogens with one attached hydrogen (secondary N) is 1. The molecule has 0 aliphatic heterocycles. The SMILES string of the molecule is CC[C@@H]1C[C@H]1c1[nH]nc(N)c1F. The van der Waals surface area contributed by atoms with Crippen molar-refractivity contribution in [2.75, 3.05) is 5.73 Å². The lowest BCUT2D eigenvalue weighted by Gasteiger charge is -1.92. The number of aromatic nitrogens is 2. The van der Waals surface area contributed by atoms with E-state index in [-0.39, 0.29) is 11.6 Å². The normalized spacial score (nSPS) is 27.5. The van der Waals surface area contributed by atoms with Crippen LogP contribution in [0.25, 0.3) is 0 Å². The Bertz CT molecular complexity index is 294. The third-order valence-corrected chi connectivity index (χ3v) is 2.58. The molecule has 1 heterocycles. The molecule has 0 unspecified atom stereocenters. The molecule has 4 heteroatoms. The van der Waals surface area contributed by atoms with Crippen molar-refractivity contribution >= 4 is 5.82 Å². The summed E-state index contributed by atoms with van der Waals surface area (Å²) in [5, 5.41) is 6.27. The Labute approximate surface area is 70.2 Å². The van der Waals surface area contributed by atoms with Gasteiger partial charge in [0.05, 0.1) is 5.69 Å². The average molecular weight is 169 g/mol. The Balaban J connectivity index is 2.20. The molecule has 1 aliphatic carbocycles. The summed E-state index contributed by atoms with van der Waals surface area (Å²) in [4.78, 5) is 0. The highest BCUT2D eigenvalue weighted by atomic mass is 19.1. The minimum Gasteiger partial charge on any atom is -0.380 e. The molecule has 2 rings (SSSR count). The number of anilines is 1. The monoisotopic (exact) mass is 169 g/mol. The molecule has 0 saturated heterocycles. The Hall–Kier alpha value is -1.06. The van der Waals surface area contributed by atoms with Gasteiger partial charge in [0.1, 0.15) is 0 Å². The highest BCUT2D eigenvalue weighted by Gasteiger charge is 2.40. The van der Waals surface area contributed by atoms with Crippen LogP contribution in [0.5, 0.6) is 0 Å². The molecule has 1 aliphatic rings. The van der Waals surface area contributed by atoms with Crippen LogP contribution in [0, 0.1) is 11.7 Å². The lowest BCUT2D eigenvalue weighted by atomic mass is 10.2. The van der Waals surface area contributed by atoms with Crippen molar-refractivity contribution in [2.45, 2.75) is 25.7 Å². The van der Waals surface area contributed by atoms with E-state index in [0.717, 1.165) is 12.8 Å². The summed E-state index contributed by atoms with van der Waals surface area (Å²) in [6, 6.07) is 0. The van der Waals surface area contributed by atoms with Crippen LogP contribution >= 0.6 is 0 Å². The Morgan fingerprint density at radius 1 is 1.75 bits per heavy atom. The molecule has 0 aromatic carbocycles. The van der Waals surface area contributed by atoms with Gasteiger partial charge in [-0.3, -0.25) is 5.10 Å². The van der Waals surface area contributed by atoms with E-state index in [1.807, 2.05) is 0 Å². The molecule has 1 fully saturated rings. The third-order valence-electron chi connectivity index (χ3n) is 2.58. The van der Waals surface area contributed by atoms with Crippen molar-refractivity contribution < 1.29 is 4.39 Å². The van der Waals surface area contributed by atoms with Crippen molar-refractivity contribution in [3.8, 4) is 0 Å². The van der Waals surface area contributed by atoms with E-state index in [2.05, 4.69) is 17.1 Å². The second kappa shape index (κ2) is 2.47. The highest BCUT2D eigenvalue weighted by molar-refractivity contribution is 5.35. The zero-order valence-electron chi connectivity index (χ0n) is 6.97. The molecule has 1 aromatic heterocycles. The number of nitrogens with zero attached hydrogens (tertiary/aromatic N) is 1. The van der Waals surface area contributed by atoms with Gasteiger partial charge in [-0.05, 0) is 12.3 Å². The smallest absolute Gasteiger partial charge is 0.188 e. The quantitative estimate of drug-likeness (QED) is 0.707. The van der Waals surface area contributed by atoms with Crippen LogP contribution in [0.15, 0.2) is 0 Å². The molecule has 3 nitrogen and oxygen atoms in total. The predicted molar refractivity (Wildman–Crippen MR) is 44.1 cm³/mol. The maximum atomic E-state index is 13.1. The van der Waals surface area contributed by atoms with Gasteiger partial charge in [0, 0.05) is 5.92 Å². The number of aromatic amines is 1. The number of hydrogen-bond donors (Lipinski definition) is 2. The Morgan fingerprint density at radius 2 is 2.50 bits per heavy atom. The van der Waals surface area contributed by atoms with Gasteiger partial charge in [0.25, 0.3) is 0 Å². The standard InChI is InChI=1S/C8H12FN3/c1-2-4-3-5(4)7-6(9)8(10)12-11-7/h4-5H,2-3H2,1H3,(H3,10,11,12)/t4-,5-/m1/s1. The summed E-state index contributed by atoms with van der Waals surface area (Å²) in [7, 11) is 0. The van der Waals surface area contributed by atoms with Crippen LogP contribution in [0.3, 0.4) is 0 Å². The molecule has 0 spiro atoms. The summed E-state index contributed by atoms with van der Waals surface area (Å²) in [6.07, 6.45) is 2.16. The molecule has 1 aromatic rings. The van der Waals surface area contributed by atoms with Crippen LogP contribution in [0.1, 0.15) is 31.4 Å². The largest absolute Gasteiger partial charge is 0.380 e. The number of rotatable bonds is 2. The van der Waals surface area contributed by atoms with Gasteiger partial charge in [-0.2, -0.15) is 5.10 Å². The topological polar surface area (TPSA) is 54.7 Å². The molecule has 2 atom stereocenters. The summed E-state index contributed by atoms with van der Waals surface area (Å²) < 4.78 is 13.1. The molecule has 66 valence electrons. The predicted octanol–water partition coefficient (Wildman–Crippen LogP) is 1.64. The van der Waals surface area contributed by atoms with E-state index < -0.39 is 0 Å². The zero-order chi connectivity index (χ0) is 8.72. The Morgan fingerprint density at radius 3 is 2.92 bits per heavy atom. The first kappa shape index (κ1) is 7.58. The molecular weight excluding hydrogens is 157 g/mol. The van der Waals surface area contributed by atoms with Crippen molar-refractivity contribution in [3.05, 3.63) is 11.5 Å². The van der Waals surface area contributed by atoms with Crippen molar-refractivity contribution in [2.24, 2.45) is 5.92 Å². The number of halogens is 1. The summed E-state index contributed by atoms with van der Waals surface area (Å²) in [5.74, 6) is 0.599. The number of nitrogens with two attached hydrogens (primary N) is 1. The van der Waals surface area contributed by atoms with Crippen LogP contribution < -0.4 is 5.73 Å². The van der Waals surface area contributed by atoms with E-state index in [1.165, 1.54) is 0 Å². The molecular formula is C8H12FN3. The summed E-state index contributed by atoms with van der Waals surface area (Å²) in [5.41, 5.74) is 5.87. The van der Waals surface area contributed by atoms with Gasteiger partial charge in [-0.1, -0.05) is 13.3 Å². The highest BCUT2D eigenvalue weighted by Crippen LogP contribution is 2.49. The minimum absolute atomic E-state index is 0.00764. The zero-order valence-corrected chi connectivity index (χ0v) is 6.97. The minimum atomic E-state index is -0.351. The van der Waals surface area contributed by atoms with Gasteiger partial charge in [-0.25, -0.2) is 4.39 Å². The molecule has 0 amide bonds. The molecule has 0 bridgehead atoms. The molecule has 3 N–H and O–H groups in total. The number of hydrogen-bond acceptors (Lipinski definition) is 2. The van der Waals surface area contributed by atoms with Crippen LogP contribution in [-0.4, -0.2) is 10.2 Å². The first-order valence-corrected chi connectivity index (χ1v) is 4.23. The van der Waals surface area contributed by atoms with E-state index >= 15 is 0 Å². The first-order chi connectivity index (χ1) is 5.74. The maximum Gasteiger partial charge on any atom is 0.188 e. The van der Waals surface area contributed by atoms with E-state index in [0.29, 0.717) is 17.5 Å². The third kappa shape index (κ3) is 0.983. The lowest BCUT2D eigenvalue weighted by molar-refractivity contribution is 0.607. The molecule has 1 saturated carbocycles. The second-order valence-electron chi connectivity index (χ2n) is 3.35. The molecule has 0 radical (unpaired) electrons.